The molecule has 0 saturated heterocycles. The molecule has 3 aromatic carbocycles. The Morgan fingerprint density at radius 3 is 1.47 bits per heavy atom. The second-order valence-electron chi connectivity index (χ2n) is 10.3. The second-order valence-corrected chi connectivity index (χ2v) is 14.0. The van der Waals surface area contributed by atoms with Crippen molar-refractivity contribution in [2.45, 2.75) is 6.61 Å². The third-order valence-corrected chi connectivity index (χ3v) is 11.5. The summed E-state index contributed by atoms with van der Waals surface area (Å²) in [6.07, 6.45) is 3.26. The number of allylic oxidation sites excluding steroid dienone is 2. The van der Waals surface area contributed by atoms with E-state index in [1.54, 1.807) is 0 Å². The maximum atomic E-state index is 13.7. The van der Waals surface area contributed by atoms with Gasteiger partial charge in [-0.1, -0.05) is 128 Å². The average Bonchev–Trinajstić information content (AvgIpc) is 3.83. The molecule has 216 valence electrons. The van der Waals surface area contributed by atoms with Crippen molar-refractivity contribution in [3.05, 3.63) is 128 Å². The highest BCUT2D eigenvalue weighted by Crippen LogP contribution is 2.40. The minimum atomic E-state index is -0.563. The van der Waals surface area contributed by atoms with Crippen LogP contribution in [0.4, 0.5) is 4.79 Å². The van der Waals surface area contributed by atoms with Crippen LogP contribution < -0.4 is 0 Å². The van der Waals surface area contributed by atoms with Crippen LogP contribution in [0.2, 0.25) is 0 Å². The number of ether oxygens (including phenoxy) is 1. The van der Waals surface area contributed by atoms with Crippen LogP contribution in [0.1, 0.15) is 37.8 Å². The second kappa shape index (κ2) is 11.1. The SMILES string of the molecule is O=C(OCc1ccccc1)n1c2nc(C=C3C(=S)c4ccccc4C3=S)sc2c2sc(C=C3C(=S)c4ccccc4C3=S)nc21. The van der Waals surface area contributed by atoms with Crippen LogP contribution in [0.25, 0.3) is 32.8 Å². The molecule has 0 bridgehead atoms. The van der Waals surface area contributed by atoms with Crippen molar-refractivity contribution in [1.82, 2.24) is 14.5 Å². The van der Waals surface area contributed by atoms with E-state index in [4.69, 9.17) is 63.6 Å². The molecule has 0 atom stereocenters. The van der Waals surface area contributed by atoms with E-state index >= 15 is 0 Å². The van der Waals surface area contributed by atoms with Gasteiger partial charge in [0.2, 0.25) is 0 Å². The summed E-state index contributed by atoms with van der Waals surface area (Å²) in [7, 11) is 0. The lowest BCUT2D eigenvalue weighted by Gasteiger charge is -2.06. The third kappa shape index (κ3) is 4.70. The van der Waals surface area contributed by atoms with Gasteiger partial charge in [-0.25, -0.2) is 19.3 Å². The molecule has 0 unspecified atom stereocenters. The third-order valence-electron chi connectivity index (χ3n) is 7.62. The number of carbonyl (C=O) groups is 1. The molecule has 45 heavy (non-hydrogen) atoms. The number of benzene rings is 3. The largest absolute Gasteiger partial charge is 0.444 e. The zero-order valence-corrected chi connectivity index (χ0v) is 27.9. The van der Waals surface area contributed by atoms with Gasteiger partial charge >= 0.3 is 6.09 Å². The predicted octanol–water partition coefficient (Wildman–Crippen LogP) is 8.96. The minimum Gasteiger partial charge on any atom is -0.444 e. The Morgan fingerprint density at radius 2 is 1.04 bits per heavy atom. The fraction of sp³-hybridized carbons (Fsp3) is 0.0294. The maximum Gasteiger partial charge on any atom is 0.421 e. The van der Waals surface area contributed by atoms with Gasteiger partial charge < -0.3 is 4.74 Å². The van der Waals surface area contributed by atoms with E-state index in [0.29, 0.717) is 40.8 Å². The summed E-state index contributed by atoms with van der Waals surface area (Å²) in [4.78, 5) is 26.2. The Balaban J connectivity index is 1.23. The van der Waals surface area contributed by atoms with E-state index in [9.17, 15) is 4.79 Å². The molecule has 3 heterocycles. The number of carbonyl (C=O) groups excluding carboxylic acids is 1. The van der Waals surface area contributed by atoms with Gasteiger partial charge in [0.15, 0.2) is 11.3 Å². The molecular formula is C34H17N3O2S6. The zero-order valence-electron chi connectivity index (χ0n) is 23.0. The molecule has 2 aliphatic rings. The number of fused-ring (bicyclic) bond motifs is 5. The topological polar surface area (TPSA) is 57.0 Å². The number of rotatable bonds is 4. The molecule has 3 aromatic heterocycles. The van der Waals surface area contributed by atoms with Gasteiger partial charge in [0.1, 0.15) is 16.6 Å². The van der Waals surface area contributed by atoms with Gasteiger partial charge in [-0.3, -0.25) is 0 Å². The molecule has 2 aliphatic carbocycles. The molecule has 8 rings (SSSR count). The summed E-state index contributed by atoms with van der Waals surface area (Å²) in [6.45, 7) is 0.116. The van der Waals surface area contributed by atoms with E-state index in [-0.39, 0.29) is 6.61 Å². The Kier molecular flexibility index (Phi) is 7.05. The van der Waals surface area contributed by atoms with Crippen LogP contribution in [-0.4, -0.2) is 40.1 Å². The monoisotopic (exact) mass is 691 g/mol. The summed E-state index contributed by atoms with van der Waals surface area (Å²) < 4.78 is 8.86. The van der Waals surface area contributed by atoms with Gasteiger partial charge in [0, 0.05) is 33.4 Å². The Labute approximate surface area is 286 Å². The van der Waals surface area contributed by atoms with Gasteiger partial charge in [0.05, 0.1) is 28.9 Å². The normalized spacial score (nSPS) is 14.0. The molecular weight excluding hydrogens is 675 g/mol. The van der Waals surface area contributed by atoms with E-state index < -0.39 is 6.09 Å². The molecule has 0 saturated carbocycles. The van der Waals surface area contributed by atoms with E-state index in [1.807, 2.05) is 91.0 Å². The van der Waals surface area contributed by atoms with Crippen LogP contribution in [0, 0.1) is 0 Å². The molecule has 11 heteroatoms. The lowest BCUT2D eigenvalue weighted by molar-refractivity contribution is 0.143. The number of aromatic nitrogens is 3. The van der Waals surface area contributed by atoms with Crippen LogP contribution >= 0.6 is 71.5 Å². The summed E-state index contributed by atoms with van der Waals surface area (Å²) >= 11 is 26.0. The number of nitrogens with zero attached hydrogens (tertiary/aromatic N) is 3. The van der Waals surface area contributed by atoms with Crippen molar-refractivity contribution in [3.8, 4) is 0 Å². The number of hydrogen-bond acceptors (Lipinski definition) is 10. The van der Waals surface area contributed by atoms with Gasteiger partial charge in [0.25, 0.3) is 0 Å². The van der Waals surface area contributed by atoms with Gasteiger partial charge in [-0.2, -0.15) is 0 Å². The molecule has 0 spiro atoms. The smallest absolute Gasteiger partial charge is 0.421 e. The maximum absolute atomic E-state index is 13.7. The van der Waals surface area contributed by atoms with Crippen molar-refractivity contribution >= 4 is 130 Å². The fourth-order valence-electron chi connectivity index (χ4n) is 5.49. The first-order valence-corrected chi connectivity index (χ1v) is 17.0. The van der Waals surface area contributed by atoms with Crippen molar-refractivity contribution in [3.63, 3.8) is 0 Å². The molecule has 0 amide bonds. The summed E-state index contributed by atoms with van der Waals surface area (Å²) in [6, 6.07) is 25.3. The van der Waals surface area contributed by atoms with Crippen molar-refractivity contribution in [2.24, 2.45) is 0 Å². The molecule has 0 aliphatic heterocycles. The lowest BCUT2D eigenvalue weighted by atomic mass is 10.1. The Bertz CT molecular complexity index is 2160. The first kappa shape index (κ1) is 28.5. The highest BCUT2D eigenvalue weighted by molar-refractivity contribution is 7.84. The molecule has 0 N–H and O–H groups in total. The van der Waals surface area contributed by atoms with Crippen molar-refractivity contribution < 1.29 is 9.53 Å². The van der Waals surface area contributed by atoms with Crippen LogP contribution in [0.15, 0.2) is 90.0 Å². The number of hydrogen-bond donors (Lipinski definition) is 0. The first-order chi connectivity index (χ1) is 21.9. The molecule has 0 fully saturated rings. The molecule has 5 nitrogen and oxygen atoms in total. The lowest BCUT2D eigenvalue weighted by Crippen LogP contribution is -2.14. The first-order valence-electron chi connectivity index (χ1n) is 13.7. The van der Waals surface area contributed by atoms with Crippen LogP contribution in [-0.2, 0) is 11.3 Å². The zero-order chi connectivity index (χ0) is 30.8. The Morgan fingerprint density at radius 1 is 0.644 bits per heavy atom. The summed E-state index contributed by atoms with van der Waals surface area (Å²) in [5.41, 5.74) is 7.20. The predicted molar refractivity (Wildman–Crippen MR) is 198 cm³/mol. The quantitative estimate of drug-likeness (QED) is 0.134. The van der Waals surface area contributed by atoms with E-state index in [0.717, 1.165) is 48.4 Å². The summed E-state index contributed by atoms with van der Waals surface area (Å²) in [5, 5.41) is 1.36. The highest BCUT2D eigenvalue weighted by atomic mass is 32.1. The van der Waals surface area contributed by atoms with Gasteiger partial charge in [-0.05, 0) is 17.7 Å². The van der Waals surface area contributed by atoms with Crippen molar-refractivity contribution in [2.75, 3.05) is 0 Å². The number of thiocarbonyl (C=S) groups is 4. The summed E-state index contributed by atoms with van der Waals surface area (Å²) in [5.74, 6) is 0. The van der Waals surface area contributed by atoms with E-state index in [1.165, 1.54) is 27.2 Å². The van der Waals surface area contributed by atoms with Gasteiger partial charge in [-0.15, -0.1) is 22.7 Å². The van der Waals surface area contributed by atoms with E-state index in [2.05, 4.69) is 0 Å². The molecule has 6 aromatic rings. The molecule has 0 radical (unpaired) electrons. The Hall–Kier alpha value is -3.97. The van der Waals surface area contributed by atoms with Crippen LogP contribution in [0.3, 0.4) is 0 Å². The average molecular weight is 692 g/mol. The standard InChI is InChI=1S/C34H17N3O2S6/c38-34(39-16-17-8-2-1-3-9-17)37-32-30(44-24(35-32)14-22-26(40)18-10-4-5-11-19(18)27(22)41)31-33(37)36-25(45-31)15-23-28(42)20-12-6-7-13-21(20)29(23)43/h1-15H,16H2. The fourth-order valence-corrected chi connectivity index (χ4v) is 9.09. The highest BCUT2D eigenvalue weighted by Gasteiger charge is 2.30. The van der Waals surface area contributed by atoms with Crippen LogP contribution in [0.5, 0.6) is 0 Å². The minimum absolute atomic E-state index is 0.116. The van der Waals surface area contributed by atoms with Crippen molar-refractivity contribution in [1.29, 1.82) is 0 Å². The number of thiazole rings is 2.